The Bertz CT molecular complexity index is 602. The molecule has 0 aliphatic heterocycles. The first-order valence-electron chi connectivity index (χ1n) is 4.90. The molecular formula is C12H7F2NO3. The van der Waals surface area contributed by atoms with Crippen LogP contribution in [0.4, 0.5) is 8.78 Å². The minimum absolute atomic E-state index is 0.235. The van der Waals surface area contributed by atoms with Gasteiger partial charge in [0.05, 0.1) is 0 Å². The van der Waals surface area contributed by atoms with Gasteiger partial charge in [-0.25, -0.2) is 14.2 Å². The Hall–Kier alpha value is -2.50. The topological polar surface area (TPSA) is 59.4 Å². The summed E-state index contributed by atoms with van der Waals surface area (Å²) >= 11 is 0. The van der Waals surface area contributed by atoms with E-state index in [1.165, 1.54) is 30.5 Å². The van der Waals surface area contributed by atoms with Gasteiger partial charge >= 0.3 is 5.97 Å². The van der Waals surface area contributed by atoms with E-state index in [0.29, 0.717) is 0 Å². The zero-order valence-electron chi connectivity index (χ0n) is 8.93. The predicted octanol–water partition coefficient (Wildman–Crippen LogP) is 2.85. The summed E-state index contributed by atoms with van der Waals surface area (Å²) in [6, 6.07) is 6.01. The lowest BCUT2D eigenvalue weighted by molar-refractivity contribution is 0.0693. The number of carboxylic acids is 1. The predicted molar refractivity (Wildman–Crippen MR) is 57.6 cm³/mol. The number of carboxylic acid groups (broad SMARTS) is 1. The van der Waals surface area contributed by atoms with Crippen LogP contribution in [-0.4, -0.2) is 16.1 Å². The fourth-order valence-corrected chi connectivity index (χ4v) is 1.30. The smallest absolute Gasteiger partial charge is 0.341 e. The van der Waals surface area contributed by atoms with Crippen LogP contribution in [0, 0.1) is 11.6 Å². The Kier molecular flexibility index (Phi) is 3.18. The average molecular weight is 251 g/mol. The molecule has 0 fully saturated rings. The molecule has 1 aromatic heterocycles. The summed E-state index contributed by atoms with van der Waals surface area (Å²) in [6.45, 7) is 0. The molecule has 0 saturated carbocycles. The highest BCUT2D eigenvalue weighted by Crippen LogP contribution is 2.26. The first kappa shape index (κ1) is 12.0. The lowest BCUT2D eigenvalue weighted by Gasteiger charge is -2.07. The Morgan fingerprint density at radius 2 is 2.00 bits per heavy atom. The third kappa shape index (κ3) is 2.27. The number of ether oxygens (including phenoxy) is 1. The number of carbonyl (C=O) groups is 1. The largest absolute Gasteiger partial charge is 0.477 e. The molecular weight excluding hydrogens is 244 g/mol. The third-order valence-electron chi connectivity index (χ3n) is 2.12. The highest BCUT2D eigenvalue weighted by atomic mass is 19.2. The quantitative estimate of drug-likeness (QED) is 0.911. The maximum Gasteiger partial charge on any atom is 0.341 e. The number of aromatic carboxylic acids is 1. The van der Waals surface area contributed by atoms with Gasteiger partial charge in [0.2, 0.25) is 11.7 Å². The van der Waals surface area contributed by atoms with Gasteiger partial charge in [-0.05, 0) is 24.3 Å². The molecule has 0 atom stereocenters. The number of benzene rings is 1. The van der Waals surface area contributed by atoms with Gasteiger partial charge in [-0.2, -0.15) is 4.39 Å². The van der Waals surface area contributed by atoms with E-state index in [0.717, 1.165) is 6.07 Å². The highest BCUT2D eigenvalue weighted by Gasteiger charge is 2.16. The standard InChI is InChI=1S/C12H7F2NO3/c13-8-4-1-5-9(10(8)14)18-11-7(12(16)17)3-2-6-15-11/h1-6H,(H,16,17). The van der Waals surface area contributed by atoms with E-state index in [1.807, 2.05) is 0 Å². The van der Waals surface area contributed by atoms with E-state index in [-0.39, 0.29) is 11.4 Å². The molecule has 18 heavy (non-hydrogen) atoms. The molecule has 0 aliphatic rings. The maximum atomic E-state index is 13.3. The summed E-state index contributed by atoms with van der Waals surface area (Å²) in [4.78, 5) is 14.5. The van der Waals surface area contributed by atoms with Crippen LogP contribution in [0.15, 0.2) is 36.5 Å². The van der Waals surface area contributed by atoms with Crippen molar-refractivity contribution in [1.82, 2.24) is 4.98 Å². The van der Waals surface area contributed by atoms with E-state index in [9.17, 15) is 13.6 Å². The Labute approximate surface area is 100 Å². The fourth-order valence-electron chi connectivity index (χ4n) is 1.30. The number of pyridine rings is 1. The molecule has 1 N–H and O–H groups in total. The molecule has 4 nitrogen and oxygen atoms in total. The Morgan fingerprint density at radius 1 is 1.22 bits per heavy atom. The van der Waals surface area contributed by atoms with Crippen molar-refractivity contribution < 1.29 is 23.4 Å². The molecule has 0 saturated heterocycles. The van der Waals surface area contributed by atoms with Crippen LogP contribution in [0.5, 0.6) is 11.6 Å². The first-order chi connectivity index (χ1) is 8.59. The van der Waals surface area contributed by atoms with Crippen LogP contribution in [0.2, 0.25) is 0 Å². The summed E-state index contributed by atoms with van der Waals surface area (Å²) in [7, 11) is 0. The average Bonchev–Trinajstić information content (AvgIpc) is 2.35. The zero-order chi connectivity index (χ0) is 13.1. The second-order valence-electron chi connectivity index (χ2n) is 3.32. The minimum atomic E-state index is -1.27. The van der Waals surface area contributed by atoms with Gasteiger partial charge in [-0.1, -0.05) is 6.07 Å². The van der Waals surface area contributed by atoms with E-state index in [4.69, 9.17) is 9.84 Å². The lowest BCUT2D eigenvalue weighted by Crippen LogP contribution is -2.02. The molecule has 0 spiro atoms. The summed E-state index contributed by atoms with van der Waals surface area (Å²) in [5.74, 6) is -4.26. The highest BCUT2D eigenvalue weighted by molar-refractivity contribution is 5.90. The van der Waals surface area contributed by atoms with Crippen molar-refractivity contribution in [2.24, 2.45) is 0 Å². The minimum Gasteiger partial charge on any atom is -0.477 e. The van der Waals surface area contributed by atoms with Crippen molar-refractivity contribution in [3.63, 3.8) is 0 Å². The van der Waals surface area contributed by atoms with Gasteiger partial charge in [0.1, 0.15) is 5.56 Å². The van der Waals surface area contributed by atoms with Crippen LogP contribution >= 0.6 is 0 Å². The van der Waals surface area contributed by atoms with Crippen LogP contribution in [0.1, 0.15) is 10.4 Å². The van der Waals surface area contributed by atoms with E-state index in [1.54, 1.807) is 0 Å². The fraction of sp³-hybridized carbons (Fsp3) is 0. The molecule has 1 heterocycles. The second-order valence-corrected chi connectivity index (χ2v) is 3.32. The number of rotatable bonds is 3. The van der Waals surface area contributed by atoms with Gasteiger partial charge in [-0.3, -0.25) is 0 Å². The first-order valence-corrected chi connectivity index (χ1v) is 4.90. The van der Waals surface area contributed by atoms with Crippen molar-refractivity contribution >= 4 is 5.97 Å². The van der Waals surface area contributed by atoms with Gasteiger partial charge in [0, 0.05) is 6.20 Å². The van der Waals surface area contributed by atoms with E-state index in [2.05, 4.69) is 4.98 Å². The van der Waals surface area contributed by atoms with Crippen molar-refractivity contribution in [3.05, 3.63) is 53.7 Å². The number of nitrogens with zero attached hydrogens (tertiary/aromatic N) is 1. The van der Waals surface area contributed by atoms with Crippen LogP contribution < -0.4 is 4.74 Å². The third-order valence-corrected chi connectivity index (χ3v) is 2.12. The van der Waals surface area contributed by atoms with E-state index < -0.39 is 23.4 Å². The molecule has 0 amide bonds. The molecule has 2 rings (SSSR count). The molecule has 0 aliphatic carbocycles. The number of hydrogen-bond donors (Lipinski definition) is 1. The van der Waals surface area contributed by atoms with Crippen LogP contribution in [-0.2, 0) is 0 Å². The summed E-state index contributed by atoms with van der Waals surface area (Å²) in [5.41, 5.74) is -0.235. The molecule has 0 unspecified atom stereocenters. The number of halogens is 2. The molecule has 2 aromatic rings. The summed E-state index contributed by atoms with van der Waals surface area (Å²) in [6.07, 6.45) is 1.29. The lowest BCUT2D eigenvalue weighted by atomic mass is 10.2. The zero-order valence-corrected chi connectivity index (χ0v) is 8.93. The van der Waals surface area contributed by atoms with Crippen molar-refractivity contribution in [2.75, 3.05) is 0 Å². The molecule has 0 radical (unpaired) electrons. The van der Waals surface area contributed by atoms with E-state index >= 15 is 0 Å². The van der Waals surface area contributed by atoms with Gasteiger partial charge in [-0.15, -0.1) is 0 Å². The molecule has 1 aromatic carbocycles. The van der Waals surface area contributed by atoms with Gasteiger partial charge < -0.3 is 9.84 Å². The molecule has 6 heteroatoms. The normalized spacial score (nSPS) is 10.1. The Balaban J connectivity index is 2.40. The van der Waals surface area contributed by atoms with Gasteiger partial charge in [0.15, 0.2) is 11.6 Å². The SMILES string of the molecule is O=C(O)c1cccnc1Oc1cccc(F)c1F. The van der Waals surface area contributed by atoms with Crippen molar-refractivity contribution in [3.8, 4) is 11.6 Å². The Morgan fingerprint density at radius 3 is 2.72 bits per heavy atom. The molecule has 92 valence electrons. The van der Waals surface area contributed by atoms with Crippen LogP contribution in [0.3, 0.4) is 0 Å². The number of hydrogen-bond acceptors (Lipinski definition) is 3. The number of aromatic nitrogens is 1. The summed E-state index contributed by atoms with van der Waals surface area (Å²) < 4.78 is 31.3. The second kappa shape index (κ2) is 4.79. The van der Waals surface area contributed by atoms with Gasteiger partial charge in [0.25, 0.3) is 0 Å². The maximum absolute atomic E-state index is 13.3. The van der Waals surface area contributed by atoms with Crippen molar-refractivity contribution in [2.45, 2.75) is 0 Å². The summed E-state index contributed by atoms with van der Waals surface area (Å²) in [5, 5.41) is 8.88. The van der Waals surface area contributed by atoms with Crippen LogP contribution in [0.25, 0.3) is 0 Å². The molecule has 0 bridgehead atoms. The van der Waals surface area contributed by atoms with Crippen molar-refractivity contribution in [1.29, 1.82) is 0 Å². The monoisotopic (exact) mass is 251 g/mol.